The molecule has 0 atom stereocenters. The Balaban J connectivity index is 2.25. The summed E-state index contributed by atoms with van der Waals surface area (Å²) < 4.78 is 0. The fraction of sp³-hybridized carbons (Fsp3) is 0.333. The Morgan fingerprint density at radius 3 is 2.45 bits per heavy atom. The summed E-state index contributed by atoms with van der Waals surface area (Å²) in [5, 5.41) is 9.81. The van der Waals surface area contributed by atoms with Crippen LogP contribution < -0.4 is 10.2 Å². The van der Waals surface area contributed by atoms with E-state index in [1.165, 1.54) is 0 Å². The summed E-state index contributed by atoms with van der Waals surface area (Å²) in [6.07, 6.45) is 0. The standard InChI is InChI=1S/C15H20N4O/c1-9-8-12(19(4)5)6-7-13(9)16-15(20)14-10(2)17-18-11(14)3/h6-8H,1-5H3,(H,16,20)(H,17,18). The molecule has 2 N–H and O–H groups in total. The van der Waals surface area contributed by atoms with Crippen molar-refractivity contribution in [2.75, 3.05) is 24.3 Å². The molecule has 1 amide bonds. The predicted octanol–water partition coefficient (Wildman–Crippen LogP) is 2.65. The van der Waals surface area contributed by atoms with E-state index in [0.29, 0.717) is 11.3 Å². The molecule has 1 aromatic heterocycles. The first-order chi connectivity index (χ1) is 9.40. The summed E-state index contributed by atoms with van der Waals surface area (Å²) in [6, 6.07) is 5.95. The number of carbonyl (C=O) groups is 1. The Hall–Kier alpha value is -2.30. The Morgan fingerprint density at radius 2 is 1.95 bits per heavy atom. The highest BCUT2D eigenvalue weighted by Gasteiger charge is 2.16. The molecule has 0 saturated carbocycles. The SMILES string of the molecule is Cc1cc(N(C)C)ccc1NC(=O)c1c(C)n[nH]c1C. The Kier molecular flexibility index (Phi) is 3.79. The number of aromatic nitrogens is 2. The van der Waals surface area contributed by atoms with Crippen molar-refractivity contribution in [3.63, 3.8) is 0 Å². The van der Waals surface area contributed by atoms with Crippen LogP contribution in [0, 0.1) is 20.8 Å². The van der Waals surface area contributed by atoms with Gasteiger partial charge < -0.3 is 10.2 Å². The molecule has 5 heteroatoms. The maximum atomic E-state index is 12.3. The number of H-pyrrole nitrogens is 1. The summed E-state index contributed by atoms with van der Waals surface area (Å²) in [5.74, 6) is -0.130. The molecule has 2 rings (SSSR count). The lowest BCUT2D eigenvalue weighted by molar-refractivity contribution is 0.102. The van der Waals surface area contributed by atoms with Crippen LogP contribution in [0.4, 0.5) is 11.4 Å². The Labute approximate surface area is 119 Å². The van der Waals surface area contributed by atoms with Crippen LogP contribution in [0.1, 0.15) is 27.3 Å². The monoisotopic (exact) mass is 272 g/mol. The zero-order chi connectivity index (χ0) is 14.9. The van der Waals surface area contributed by atoms with Gasteiger partial charge in [-0.2, -0.15) is 5.10 Å². The summed E-state index contributed by atoms with van der Waals surface area (Å²) >= 11 is 0. The summed E-state index contributed by atoms with van der Waals surface area (Å²) in [7, 11) is 3.98. The molecule has 0 aliphatic heterocycles. The molecule has 1 heterocycles. The zero-order valence-electron chi connectivity index (χ0n) is 12.5. The van der Waals surface area contributed by atoms with Gasteiger partial charge in [0.2, 0.25) is 0 Å². The van der Waals surface area contributed by atoms with Crippen LogP contribution in [-0.2, 0) is 0 Å². The molecule has 0 aliphatic rings. The third kappa shape index (κ3) is 2.66. The Morgan fingerprint density at radius 1 is 1.25 bits per heavy atom. The van der Waals surface area contributed by atoms with Gasteiger partial charge in [0, 0.05) is 31.2 Å². The van der Waals surface area contributed by atoms with Crippen LogP contribution >= 0.6 is 0 Å². The number of nitrogens with one attached hydrogen (secondary N) is 2. The minimum atomic E-state index is -0.130. The molecule has 0 spiro atoms. The van der Waals surface area contributed by atoms with Crippen LogP contribution in [0.3, 0.4) is 0 Å². The average molecular weight is 272 g/mol. The summed E-state index contributed by atoms with van der Waals surface area (Å²) in [4.78, 5) is 14.3. The van der Waals surface area contributed by atoms with Gasteiger partial charge in [0.1, 0.15) is 0 Å². The second-order valence-electron chi connectivity index (χ2n) is 5.16. The van der Waals surface area contributed by atoms with Gasteiger partial charge in [-0.05, 0) is 44.5 Å². The zero-order valence-corrected chi connectivity index (χ0v) is 12.5. The first-order valence-corrected chi connectivity index (χ1v) is 6.51. The van der Waals surface area contributed by atoms with Gasteiger partial charge in [0.25, 0.3) is 5.91 Å². The minimum absolute atomic E-state index is 0.130. The van der Waals surface area contributed by atoms with Gasteiger partial charge in [-0.25, -0.2) is 0 Å². The first kappa shape index (κ1) is 14.1. The van der Waals surface area contributed by atoms with Crippen LogP contribution in [0.2, 0.25) is 0 Å². The molecule has 1 aromatic carbocycles. The number of benzene rings is 1. The summed E-state index contributed by atoms with van der Waals surface area (Å²) in [6.45, 7) is 5.65. The number of carbonyl (C=O) groups excluding carboxylic acids is 1. The van der Waals surface area contributed by atoms with E-state index in [4.69, 9.17) is 0 Å². The van der Waals surface area contributed by atoms with Crippen LogP contribution in [0.5, 0.6) is 0 Å². The van der Waals surface area contributed by atoms with E-state index < -0.39 is 0 Å². The Bertz CT molecular complexity index is 624. The predicted molar refractivity (Wildman–Crippen MR) is 81.5 cm³/mol. The molecule has 0 bridgehead atoms. The quantitative estimate of drug-likeness (QED) is 0.903. The molecule has 2 aromatic rings. The van der Waals surface area contributed by atoms with Crippen LogP contribution in [0.15, 0.2) is 18.2 Å². The van der Waals surface area contributed by atoms with E-state index in [2.05, 4.69) is 15.5 Å². The molecule has 0 radical (unpaired) electrons. The van der Waals surface area contributed by atoms with Gasteiger partial charge in [0.15, 0.2) is 0 Å². The number of hydrogen-bond donors (Lipinski definition) is 2. The molecule has 5 nitrogen and oxygen atoms in total. The highest BCUT2D eigenvalue weighted by atomic mass is 16.1. The van der Waals surface area contributed by atoms with Crippen molar-refractivity contribution in [1.29, 1.82) is 0 Å². The first-order valence-electron chi connectivity index (χ1n) is 6.51. The number of rotatable bonds is 3. The topological polar surface area (TPSA) is 61.0 Å². The lowest BCUT2D eigenvalue weighted by Crippen LogP contribution is -2.15. The second kappa shape index (κ2) is 5.36. The van der Waals surface area contributed by atoms with Gasteiger partial charge in [-0.1, -0.05) is 0 Å². The smallest absolute Gasteiger partial charge is 0.259 e. The fourth-order valence-corrected chi connectivity index (χ4v) is 2.14. The van der Waals surface area contributed by atoms with Crippen molar-refractivity contribution < 1.29 is 4.79 Å². The third-order valence-corrected chi connectivity index (χ3v) is 3.33. The molecule has 106 valence electrons. The largest absolute Gasteiger partial charge is 0.378 e. The van der Waals surface area contributed by atoms with Crippen molar-refractivity contribution in [1.82, 2.24) is 10.2 Å². The van der Waals surface area contributed by atoms with E-state index in [-0.39, 0.29) is 5.91 Å². The van der Waals surface area contributed by atoms with Crippen molar-refractivity contribution in [3.8, 4) is 0 Å². The number of hydrogen-bond acceptors (Lipinski definition) is 3. The van der Waals surface area contributed by atoms with Gasteiger partial charge >= 0.3 is 0 Å². The van der Waals surface area contributed by atoms with Crippen LogP contribution in [-0.4, -0.2) is 30.2 Å². The van der Waals surface area contributed by atoms with Gasteiger partial charge in [0.05, 0.1) is 11.3 Å². The molecule has 0 unspecified atom stereocenters. The number of amides is 1. The lowest BCUT2D eigenvalue weighted by atomic mass is 10.1. The highest BCUT2D eigenvalue weighted by molar-refractivity contribution is 6.06. The van der Waals surface area contributed by atoms with E-state index in [1.807, 2.05) is 58.0 Å². The molecular weight excluding hydrogens is 252 g/mol. The molecule has 0 fully saturated rings. The fourth-order valence-electron chi connectivity index (χ4n) is 2.14. The number of anilines is 2. The molecule has 0 aliphatic carbocycles. The number of aromatic amines is 1. The van der Waals surface area contributed by atoms with Crippen molar-refractivity contribution in [3.05, 3.63) is 40.7 Å². The molecule has 20 heavy (non-hydrogen) atoms. The van der Waals surface area contributed by atoms with E-state index in [0.717, 1.165) is 22.6 Å². The number of aryl methyl sites for hydroxylation is 3. The molecule has 0 saturated heterocycles. The number of nitrogens with zero attached hydrogens (tertiary/aromatic N) is 2. The summed E-state index contributed by atoms with van der Waals surface area (Å²) in [5.41, 5.74) is 5.06. The third-order valence-electron chi connectivity index (χ3n) is 3.33. The van der Waals surface area contributed by atoms with Gasteiger partial charge in [-0.3, -0.25) is 9.89 Å². The normalized spacial score (nSPS) is 10.4. The van der Waals surface area contributed by atoms with E-state index in [1.54, 1.807) is 0 Å². The van der Waals surface area contributed by atoms with Gasteiger partial charge in [-0.15, -0.1) is 0 Å². The van der Waals surface area contributed by atoms with Crippen molar-refractivity contribution in [2.24, 2.45) is 0 Å². The second-order valence-corrected chi connectivity index (χ2v) is 5.16. The van der Waals surface area contributed by atoms with E-state index in [9.17, 15) is 4.79 Å². The van der Waals surface area contributed by atoms with Crippen molar-refractivity contribution in [2.45, 2.75) is 20.8 Å². The van der Waals surface area contributed by atoms with Crippen molar-refractivity contribution >= 4 is 17.3 Å². The maximum absolute atomic E-state index is 12.3. The lowest BCUT2D eigenvalue weighted by Gasteiger charge is -2.15. The maximum Gasteiger partial charge on any atom is 0.259 e. The average Bonchev–Trinajstić information content (AvgIpc) is 2.71. The van der Waals surface area contributed by atoms with Crippen LogP contribution in [0.25, 0.3) is 0 Å². The molecular formula is C15H20N4O. The van der Waals surface area contributed by atoms with E-state index >= 15 is 0 Å². The highest BCUT2D eigenvalue weighted by Crippen LogP contribution is 2.22. The minimum Gasteiger partial charge on any atom is -0.378 e.